The molecule has 0 spiro atoms. The average Bonchev–Trinajstić information content (AvgIpc) is 3.45. The lowest BCUT2D eigenvalue weighted by molar-refractivity contribution is 1.18. The van der Waals surface area contributed by atoms with Gasteiger partial charge in [0.1, 0.15) is 0 Å². The number of rotatable bonds is 6. The lowest BCUT2D eigenvalue weighted by Crippen LogP contribution is -2.10. The van der Waals surface area contributed by atoms with Gasteiger partial charge >= 0.3 is 0 Å². The average molecular weight is 597 g/mol. The summed E-state index contributed by atoms with van der Waals surface area (Å²) < 4.78 is 2.33. The van der Waals surface area contributed by atoms with E-state index in [-0.39, 0.29) is 0 Å². The summed E-state index contributed by atoms with van der Waals surface area (Å²) in [6.07, 6.45) is 0. The third kappa shape index (κ3) is 4.96. The Hall–Kier alpha value is -5.57. The number of hydrogen-bond acceptors (Lipinski definition) is 1. The van der Waals surface area contributed by atoms with Gasteiger partial charge < -0.3 is 9.47 Å². The third-order valence-corrected chi connectivity index (χ3v) is 8.75. The van der Waals surface area contributed by atoms with Crippen molar-refractivity contribution in [2.75, 3.05) is 4.90 Å². The molecule has 3 heteroatoms. The van der Waals surface area contributed by atoms with Crippen molar-refractivity contribution in [3.63, 3.8) is 0 Å². The fraction of sp³-hybridized carbons (Fsp3) is 0. The Morgan fingerprint density at radius 1 is 0.400 bits per heavy atom. The molecule has 0 aliphatic rings. The summed E-state index contributed by atoms with van der Waals surface area (Å²) in [7, 11) is 0. The molecule has 7 aromatic carbocycles. The van der Waals surface area contributed by atoms with Crippen LogP contribution in [-0.4, -0.2) is 4.57 Å². The summed E-state index contributed by atoms with van der Waals surface area (Å²) in [6.45, 7) is 0. The number of fused-ring (bicyclic) bond motifs is 3. The number of hydrogen-bond donors (Lipinski definition) is 0. The van der Waals surface area contributed by atoms with Gasteiger partial charge in [0, 0.05) is 33.5 Å². The smallest absolute Gasteiger partial charge is 0.0576 e. The van der Waals surface area contributed by atoms with Gasteiger partial charge in [-0.2, -0.15) is 0 Å². The molecule has 8 aromatic rings. The predicted molar refractivity (Wildman–Crippen MR) is 191 cm³/mol. The molecule has 0 saturated carbocycles. The first-order valence-electron chi connectivity index (χ1n) is 15.1. The number of anilines is 3. The van der Waals surface area contributed by atoms with Crippen LogP contribution in [0.5, 0.6) is 0 Å². The molecule has 8 rings (SSSR count). The van der Waals surface area contributed by atoms with Gasteiger partial charge in [-0.05, 0) is 76.9 Å². The van der Waals surface area contributed by atoms with Crippen LogP contribution in [0, 0.1) is 0 Å². The maximum Gasteiger partial charge on any atom is 0.0576 e. The zero-order valence-corrected chi connectivity index (χ0v) is 25.3. The second-order valence-corrected chi connectivity index (χ2v) is 11.6. The van der Waals surface area contributed by atoms with Crippen LogP contribution in [-0.2, 0) is 0 Å². The molecule has 0 bridgehead atoms. The van der Waals surface area contributed by atoms with Gasteiger partial charge in [-0.3, -0.25) is 0 Å². The minimum Gasteiger partial charge on any atom is -0.310 e. The van der Waals surface area contributed by atoms with Crippen molar-refractivity contribution >= 4 is 50.5 Å². The van der Waals surface area contributed by atoms with Gasteiger partial charge in [-0.1, -0.05) is 133 Å². The number of aromatic nitrogens is 1. The summed E-state index contributed by atoms with van der Waals surface area (Å²) in [5.74, 6) is 0. The normalized spacial score (nSPS) is 11.2. The maximum absolute atomic E-state index is 7.23. The molecule has 214 valence electrons. The van der Waals surface area contributed by atoms with Crippen LogP contribution in [0.15, 0.2) is 176 Å². The SMILES string of the molecule is Clc1cc(N(c2ccccc2)c2ccc(-c3ccccc3)cc2)cc2c1c1ccccc1n2-c1ccc(-c2ccccc2)cc1. The van der Waals surface area contributed by atoms with Crippen LogP contribution < -0.4 is 4.90 Å². The number of nitrogens with zero attached hydrogens (tertiary/aromatic N) is 2. The van der Waals surface area contributed by atoms with E-state index in [9.17, 15) is 0 Å². The van der Waals surface area contributed by atoms with Crippen LogP contribution in [0.2, 0.25) is 5.02 Å². The Bertz CT molecular complexity index is 2240. The molecule has 0 radical (unpaired) electrons. The highest BCUT2D eigenvalue weighted by atomic mass is 35.5. The van der Waals surface area contributed by atoms with Crippen molar-refractivity contribution in [3.05, 3.63) is 181 Å². The van der Waals surface area contributed by atoms with Crippen LogP contribution in [0.3, 0.4) is 0 Å². The second kappa shape index (κ2) is 11.5. The Morgan fingerprint density at radius 2 is 0.889 bits per heavy atom. The van der Waals surface area contributed by atoms with Crippen LogP contribution >= 0.6 is 11.6 Å². The molecule has 1 heterocycles. The van der Waals surface area contributed by atoms with E-state index in [1.807, 2.05) is 18.2 Å². The molecule has 0 amide bonds. The Morgan fingerprint density at radius 3 is 1.51 bits per heavy atom. The Balaban J connectivity index is 1.31. The van der Waals surface area contributed by atoms with Crippen molar-refractivity contribution < 1.29 is 0 Å². The zero-order valence-electron chi connectivity index (χ0n) is 24.5. The number of halogens is 1. The maximum atomic E-state index is 7.23. The van der Waals surface area contributed by atoms with Gasteiger partial charge in [-0.25, -0.2) is 0 Å². The Kier molecular flexibility index (Phi) is 6.90. The quantitative estimate of drug-likeness (QED) is 0.185. The third-order valence-electron chi connectivity index (χ3n) is 8.45. The lowest BCUT2D eigenvalue weighted by Gasteiger charge is -2.26. The molecule has 0 aliphatic heterocycles. The topological polar surface area (TPSA) is 8.17 Å². The molecule has 0 aliphatic carbocycles. The van der Waals surface area contributed by atoms with Crippen LogP contribution in [0.1, 0.15) is 0 Å². The molecule has 1 aromatic heterocycles. The molecular weight excluding hydrogens is 568 g/mol. The van der Waals surface area contributed by atoms with Gasteiger partial charge in [-0.15, -0.1) is 0 Å². The van der Waals surface area contributed by atoms with Gasteiger partial charge in [0.15, 0.2) is 0 Å². The first-order chi connectivity index (χ1) is 22.2. The molecule has 2 nitrogen and oxygen atoms in total. The van der Waals surface area contributed by atoms with E-state index in [0.29, 0.717) is 0 Å². The number of benzene rings is 7. The molecule has 0 saturated heterocycles. The summed E-state index contributed by atoms with van der Waals surface area (Å²) in [6, 6.07) is 61.9. The van der Waals surface area contributed by atoms with Gasteiger partial charge in [0.05, 0.1) is 16.1 Å². The minimum absolute atomic E-state index is 0.722. The van der Waals surface area contributed by atoms with Gasteiger partial charge in [0.2, 0.25) is 0 Å². The summed E-state index contributed by atoms with van der Waals surface area (Å²) >= 11 is 7.23. The van der Waals surface area contributed by atoms with Crippen molar-refractivity contribution in [2.45, 2.75) is 0 Å². The molecular formula is C42H29ClN2. The van der Waals surface area contributed by atoms with Crippen molar-refractivity contribution in [1.29, 1.82) is 0 Å². The summed E-state index contributed by atoms with van der Waals surface area (Å²) in [5.41, 5.74) is 11.2. The molecule has 45 heavy (non-hydrogen) atoms. The fourth-order valence-corrected chi connectivity index (χ4v) is 6.64. The van der Waals surface area contributed by atoms with E-state index >= 15 is 0 Å². The van der Waals surface area contributed by atoms with Crippen molar-refractivity contribution in [2.24, 2.45) is 0 Å². The van der Waals surface area contributed by atoms with Crippen molar-refractivity contribution in [3.8, 4) is 27.9 Å². The van der Waals surface area contributed by atoms with E-state index in [2.05, 4.69) is 167 Å². The first-order valence-corrected chi connectivity index (χ1v) is 15.5. The van der Waals surface area contributed by atoms with E-state index in [1.165, 1.54) is 22.3 Å². The van der Waals surface area contributed by atoms with E-state index in [4.69, 9.17) is 11.6 Å². The van der Waals surface area contributed by atoms with Gasteiger partial charge in [0.25, 0.3) is 0 Å². The molecule has 0 atom stereocenters. The fourth-order valence-electron chi connectivity index (χ4n) is 6.33. The van der Waals surface area contributed by atoms with E-state index in [0.717, 1.165) is 49.6 Å². The van der Waals surface area contributed by atoms with E-state index in [1.54, 1.807) is 0 Å². The zero-order chi connectivity index (χ0) is 30.2. The Labute approximate surface area is 268 Å². The predicted octanol–water partition coefficient (Wildman–Crippen LogP) is 12.2. The first kappa shape index (κ1) is 27.0. The van der Waals surface area contributed by atoms with E-state index < -0.39 is 0 Å². The molecule has 0 fully saturated rings. The minimum atomic E-state index is 0.722. The second-order valence-electron chi connectivity index (χ2n) is 11.2. The lowest BCUT2D eigenvalue weighted by atomic mass is 10.0. The monoisotopic (exact) mass is 596 g/mol. The number of para-hydroxylation sites is 2. The van der Waals surface area contributed by atoms with Crippen molar-refractivity contribution in [1.82, 2.24) is 4.57 Å². The molecule has 0 N–H and O–H groups in total. The molecule has 0 unspecified atom stereocenters. The highest BCUT2D eigenvalue weighted by Gasteiger charge is 2.20. The highest BCUT2D eigenvalue weighted by Crippen LogP contribution is 2.43. The standard InChI is InChI=1S/C42H29ClN2/c43-39-28-37(44(34-16-8-3-9-17-34)35-24-20-32(21-25-35)30-12-4-1-5-13-30)29-41-42(39)38-18-10-11-19-40(38)45(41)36-26-22-33(23-27-36)31-14-6-2-7-15-31/h1-29H. The highest BCUT2D eigenvalue weighted by molar-refractivity contribution is 6.38. The summed E-state index contributed by atoms with van der Waals surface area (Å²) in [4.78, 5) is 2.28. The summed E-state index contributed by atoms with van der Waals surface area (Å²) in [5, 5.41) is 2.91. The van der Waals surface area contributed by atoms with Crippen LogP contribution in [0.4, 0.5) is 17.1 Å². The van der Waals surface area contributed by atoms with Crippen LogP contribution in [0.25, 0.3) is 49.7 Å². The largest absolute Gasteiger partial charge is 0.310 e.